The van der Waals surface area contributed by atoms with Gasteiger partial charge in [0.1, 0.15) is 10.1 Å². The van der Waals surface area contributed by atoms with Crippen molar-refractivity contribution >= 4 is 50.7 Å². The maximum absolute atomic E-state index is 10.3. The van der Waals surface area contributed by atoms with E-state index in [1.54, 1.807) is 0 Å². The Bertz CT molecular complexity index is 628. The molecule has 0 bridgehead atoms. The van der Waals surface area contributed by atoms with Crippen molar-refractivity contribution in [2.45, 2.75) is 5.75 Å². The van der Waals surface area contributed by atoms with Gasteiger partial charge in [-0.25, -0.2) is 0 Å². The molecule has 0 saturated carbocycles. The molecule has 100 valence electrons. The summed E-state index contributed by atoms with van der Waals surface area (Å²) in [4.78, 5) is 1.87. The summed E-state index contributed by atoms with van der Waals surface area (Å²) in [5.41, 5.74) is 0.804. The molecule has 19 heavy (non-hydrogen) atoms. The lowest BCUT2D eigenvalue weighted by Crippen LogP contribution is -2.16. The Balaban J connectivity index is 2.34. The van der Waals surface area contributed by atoms with E-state index in [2.05, 4.69) is 0 Å². The van der Waals surface area contributed by atoms with Gasteiger partial charge in [0.05, 0.1) is 0 Å². The number of nitrogens with zero attached hydrogens (tertiary/aromatic N) is 1. The average Bonchev–Trinajstić information content (AvgIpc) is 2.40. The monoisotopic (exact) mass is 311 g/mol. The lowest BCUT2D eigenvalue weighted by atomic mass is 10.1. The molecule has 0 saturated heterocycles. The number of phenols is 1. The second kappa shape index (κ2) is 5.99. The zero-order valence-electron chi connectivity index (χ0n) is 10.7. The van der Waals surface area contributed by atoms with E-state index >= 15 is 0 Å². The molecule has 2 rings (SSSR count). The van der Waals surface area contributed by atoms with Crippen LogP contribution in [0.2, 0.25) is 5.02 Å². The zero-order chi connectivity index (χ0) is 14.0. The Kier molecular flexibility index (Phi) is 4.55. The minimum atomic E-state index is 0.286. The highest BCUT2D eigenvalue weighted by atomic mass is 35.5. The van der Waals surface area contributed by atoms with Gasteiger partial charge < -0.3 is 10.0 Å². The summed E-state index contributed by atoms with van der Waals surface area (Å²) in [5, 5.41) is 12.6. The van der Waals surface area contributed by atoms with Crippen molar-refractivity contribution in [3.05, 3.63) is 40.9 Å². The molecule has 0 aromatic heterocycles. The average molecular weight is 312 g/mol. The Morgan fingerprint density at radius 3 is 2.58 bits per heavy atom. The summed E-state index contributed by atoms with van der Waals surface area (Å²) < 4.78 is 0.781. The summed E-state index contributed by atoms with van der Waals surface area (Å²) in [6.45, 7) is 0. The van der Waals surface area contributed by atoms with Crippen LogP contribution in [0.15, 0.2) is 30.3 Å². The SMILES string of the molecule is CN(C)C(=S)SCc1cc(Cl)c2ccccc2c1O. The first kappa shape index (κ1) is 14.4. The van der Waals surface area contributed by atoms with Gasteiger partial charge in [0.2, 0.25) is 0 Å². The van der Waals surface area contributed by atoms with Crippen LogP contribution in [0.3, 0.4) is 0 Å². The fraction of sp³-hybridized carbons (Fsp3) is 0.214. The fourth-order valence-electron chi connectivity index (χ4n) is 1.75. The standard InChI is InChI=1S/C14H14ClNOS2/c1-16(2)14(18)19-8-9-7-12(15)10-5-3-4-6-11(10)13(9)17/h3-7,17H,8H2,1-2H3. The van der Waals surface area contributed by atoms with Crippen LogP contribution in [0, 0.1) is 0 Å². The molecule has 0 spiro atoms. The molecular weight excluding hydrogens is 298 g/mol. The number of hydrogen-bond donors (Lipinski definition) is 1. The van der Waals surface area contributed by atoms with E-state index in [-0.39, 0.29) is 5.75 Å². The lowest BCUT2D eigenvalue weighted by molar-refractivity contribution is 0.477. The molecule has 0 heterocycles. The second-order valence-corrected chi connectivity index (χ2v) is 6.38. The van der Waals surface area contributed by atoms with E-state index in [4.69, 9.17) is 23.8 Å². The molecule has 0 amide bonds. The largest absolute Gasteiger partial charge is 0.507 e. The second-order valence-electron chi connectivity index (χ2n) is 4.36. The molecular formula is C14H14ClNOS2. The van der Waals surface area contributed by atoms with Crippen molar-refractivity contribution < 1.29 is 5.11 Å². The molecule has 0 unspecified atom stereocenters. The van der Waals surface area contributed by atoms with Gasteiger partial charge in [0.15, 0.2) is 0 Å². The Hall–Kier alpha value is -0.970. The van der Waals surface area contributed by atoms with E-state index in [1.807, 2.05) is 49.3 Å². The molecule has 5 heteroatoms. The number of phenolic OH excluding ortho intramolecular Hbond substituents is 1. The van der Waals surface area contributed by atoms with Crippen molar-refractivity contribution in [3.8, 4) is 5.75 Å². The minimum Gasteiger partial charge on any atom is -0.507 e. The number of aromatic hydroxyl groups is 1. The van der Waals surface area contributed by atoms with Gasteiger partial charge in [0.25, 0.3) is 0 Å². The van der Waals surface area contributed by atoms with Crippen molar-refractivity contribution in [1.82, 2.24) is 4.90 Å². The van der Waals surface area contributed by atoms with Gasteiger partial charge in [-0.2, -0.15) is 0 Å². The van der Waals surface area contributed by atoms with Gasteiger partial charge in [-0.05, 0) is 6.07 Å². The van der Waals surface area contributed by atoms with Gasteiger partial charge >= 0.3 is 0 Å². The summed E-state index contributed by atoms with van der Waals surface area (Å²) in [6.07, 6.45) is 0. The normalized spacial score (nSPS) is 10.7. The highest BCUT2D eigenvalue weighted by Crippen LogP contribution is 2.36. The zero-order valence-corrected chi connectivity index (χ0v) is 13.1. The Morgan fingerprint density at radius 2 is 1.95 bits per heavy atom. The van der Waals surface area contributed by atoms with Crippen molar-refractivity contribution in [1.29, 1.82) is 0 Å². The van der Waals surface area contributed by atoms with Crippen LogP contribution >= 0.6 is 35.6 Å². The van der Waals surface area contributed by atoms with Gasteiger partial charge in [-0.3, -0.25) is 0 Å². The van der Waals surface area contributed by atoms with Crippen molar-refractivity contribution in [2.75, 3.05) is 14.1 Å². The molecule has 2 aromatic carbocycles. The predicted molar refractivity (Wildman–Crippen MR) is 88.2 cm³/mol. The highest BCUT2D eigenvalue weighted by Gasteiger charge is 2.11. The van der Waals surface area contributed by atoms with Crippen molar-refractivity contribution in [3.63, 3.8) is 0 Å². The molecule has 0 fully saturated rings. The minimum absolute atomic E-state index is 0.286. The molecule has 0 aliphatic rings. The number of halogens is 1. The number of thiocarbonyl (C=S) groups is 1. The maximum Gasteiger partial charge on any atom is 0.136 e. The first-order valence-corrected chi connectivity index (χ1v) is 7.51. The van der Waals surface area contributed by atoms with E-state index < -0.39 is 0 Å². The third-order valence-corrected chi connectivity index (χ3v) is 4.86. The van der Waals surface area contributed by atoms with Crippen LogP contribution in [0.5, 0.6) is 5.75 Å². The first-order chi connectivity index (χ1) is 9.00. The number of hydrogen-bond acceptors (Lipinski definition) is 3. The molecule has 0 aliphatic heterocycles. The molecule has 0 aliphatic carbocycles. The maximum atomic E-state index is 10.3. The van der Waals surface area contributed by atoms with Crippen LogP contribution in [0.4, 0.5) is 0 Å². The Morgan fingerprint density at radius 1 is 1.32 bits per heavy atom. The first-order valence-electron chi connectivity index (χ1n) is 5.74. The molecule has 0 atom stereocenters. The van der Waals surface area contributed by atoms with Crippen LogP contribution in [-0.2, 0) is 5.75 Å². The van der Waals surface area contributed by atoms with Crippen LogP contribution in [0.1, 0.15) is 5.56 Å². The van der Waals surface area contributed by atoms with E-state index in [9.17, 15) is 5.11 Å². The summed E-state index contributed by atoms with van der Waals surface area (Å²) in [5.74, 6) is 0.891. The highest BCUT2D eigenvalue weighted by molar-refractivity contribution is 8.22. The van der Waals surface area contributed by atoms with Crippen LogP contribution < -0.4 is 0 Å². The van der Waals surface area contributed by atoms with E-state index in [1.165, 1.54) is 11.8 Å². The predicted octanol–water partition coefficient (Wildman–Crippen LogP) is 4.28. The summed E-state index contributed by atoms with van der Waals surface area (Å²) in [7, 11) is 3.81. The van der Waals surface area contributed by atoms with Crippen LogP contribution in [0.25, 0.3) is 10.8 Å². The van der Waals surface area contributed by atoms with E-state index in [0.29, 0.717) is 10.8 Å². The summed E-state index contributed by atoms with van der Waals surface area (Å²) >= 11 is 13.0. The third-order valence-electron chi connectivity index (χ3n) is 2.76. The summed E-state index contributed by atoms with van der Waals surface area (Å²) in [6, 6.07) is 9.38. The fourth-order valence-corrected chi connectivity index (χ4v) is 2.98. The van der Waals surface area contributed by atoms with Crippen molar-refractivity contribution in [2.24, 2.45) is 0 Å². The molecule has 2 nitrogen and oxygen atoms in total. The topological polar surface area (TPSA) is 23.5 Å². The Labute approximate surface area is 127 Å². The molecule has 2 aromatic rings. The number of benzene rings is 2. The van der Waals surface area contributed by atoms with Gasteiger partial charge in [0, 0.05) is 41.2 Å². The number of rotatable bonds is 2. The number of thioether (sulfide) groups is 1. The smallest absolute Gasteiger partial charge is 0.136 e. The van der Waals surface area contributed by atoms with E-state index in [0.717, 1.165) is 20.7 Å². The number of fused-ring (bicyclic) bond motifs is 1. The molecule has 1 N–H and O–H groups in total. The van der Waals surface area contributed by atoms with Gasteiger partial charge in [-0.15, -0.1) is 0 Å². The van der Waals surface area contributed by atoms with Crippen LogP contribution in [-0.4, -0.2) is 28.4 Å². The van der Waals surface area contributed by atoms with Gasteiger partial charge in [-0.1, -0.05) is 59.8 Å². The lowest BCUT2D eigenvalue weighted by Gasteiger charge is -2.14. The molecule has 0 radical (unpaired) electrons. The quantitative estimate of drug-likeness (QED) is 0.836. The third kappa shape index (κ3) is 3.14.